The van der Waals surface area contributed by atoms with Crippen molar-refractivity contribution in [3.8, 4) is 11.5 Å². The summed E-state index contributed by atoms with van der Waals surface area (Å²) in [4.78, 5) is 12.8. The molecule has 1 aliphatic rings. The number of rotatable bonds is 7. The fourth-order valence-corrected chi connectivity index (χ4v) is 5.50. The summed E-state index contributed by atoms with van der Waals surface area (Å²) in [7, 11) is -0.669. The van der Waals surface area contributed by atoms with Crippen LogP contribution in [0, 0.1) is 0 Å². The number of nitrogens with zero attached hydrogens (tertiary/aromatic N) is 1. The van der Waals surface area contributed by atoms with Crippen molar-refractivity contribution >= 4 is 33.2 Å². The number of halogens is 1. The summed E-state index contributed by atoms with van der Waals surface area (Å²) >= 11 is 6.10. The SMILES string of the molecule is COc1ccc(S(=O)(=O)N2CCCC[C@H]2CC(=O)Nc2ccc(OC)c(Cl)c2)cc1. The van der Waals surface area contributed by atoms with Crippen molar-refractivity contribution in [3.05, 3.63) is 47.5 Å². The maximum atomic E-state index is 13.2. The molecule has 0 saturated carbocycles. The van der Waals surface area contributed by atoms with E-state index in [9.17, 15) is 13.2 Å². The van der Waals surface area contributed by atoms with Crippen molar-refractivity contribution in [2.24, 2.45) is 0 Å². The summed E-state index contributed by atoms with van der Waals surface area (Å²) < 4.78 is 38.0. The van der Waals surface area contributed by atoms with Crippen LogP contribution >= 0.6 is 11.6 Å². The summed E-state index contributed by atoms with van der Waals surface area (Å²) in [5.41, 5.74) is 0.533. The molecule has 0 bridgehead atoms. The van der Waals surface area contributed by atoms with E-state index in [-0.39, 0.29) is 17.2 Å². The third-order valence-electron chi connectivity index (χ3n) is 5.10. The van der Waals surface area contributed by atoms with Gasteiger partial charge in [-0.3, -0.25) is 4.79 Å². The summed E-state index contributed by atoms with van der Waals surface area (Å²) in [6.45, 7) is 0.390. The number of piperidine rings is 1. The minimum absolute atomic E-state index is 0.0685. The molecule has 0 unspecified atom stereocenters. The van der Waals surface area contributed by atoms with Crippen LogP contribution in [0.25, 0.3) is 0 Å². The highest BCUT2D eigenvalue weighted by Gasteiger charge is 2.34. The zero-order valence-electron chi connectivity index (χ0n) is 16.9. The summed E-state index contributed by atoms with van der Waals surface area (Å²) in [5, 5.41) is 3.18. The highest BCUT2D eigenvalue weighted by Crippen LogP contribution is 2.30. The van der Waals surface area contributed by atoms with E-state index >= 15 is 0 Å². The lowest BCUT2D eigenvalue weighted by atomic mass is 10.0. The van der Waals surface area contributed by atoms with Crippen molar-refractivity contribution < 1.29 is 22.7 Å². The quantitative estimate of drug-likeness (QED) is 0.688. The maximum Gasteiger partial charge on any atom is 0.243 e. The molecule has 1 N–H and O–H groups in total. The molecule has 2 aromatic carbocycles. The first-order valence-electron chi connectivity index (χ1n) is 9.64. The molecule has 3 rings (SSSR count). The number of methoxy groups -OCH3 is 2. The summed E-state index contributed by atoms with van der Waals surface area (Å²) in [5.74, 6) is 0.832. The molecule has 1 fully saturated rings. The molecule has 1 atom stereocenters. The van der Waals surface area contributed by atoms with Crippen molar-refractivity contribution in [3.63, 3.8) is 0 Å². The fraction of sp³-hybridized carbons (Fsp3) is 0.381. The van der Waals surface area contributed by atoms with Gasteiger partial charge in [0.15, 0.2) is 0 Å². The highest BCUT2D eigenvalue weighted by molar-refractivity contribution is 7.89. The third kappa shape index (κ3) is 5.06. The molecular formula is C21H25ClN2O5S. The first-order valence-corrected chi connectivity index (χ1v) is 11.5. The summed E-state index contributed by atoms with van der Waals surface area (Å²) in [6.07, 6.45) is 2.34. The van der Waals surface area contributed by atoms with Gasteiger partial charge in [-0.05, 0) is 55.3 Å². The van der Waals surface area contributed by atoms with Gasteiger partial charge in [0.05, 0.1) is 24.1 Å². The Morgan fingerprint density at radius 3 is 2.50 bits per heavy atom. The number of carbonyl (C=O) groups is 1. The van der Waals surface area contributed by atoms with E-state index in [1.807, 2.05) is 0 Å². The van der Waals surface area contributed by atoms with E-state index in [4.69, 9.17) is 21.1 Å². The Bertz CT molecular complexity index is 995. The number of hydrogen-bond donors (Lipinski definition) is 1. The number of hydrogen-bond acceptors (Lipinski definition) is 5. The van der Waals surface area contributed by atoms with E-state index in [2.05, 4.69) is 5.32 Å². The molecule has 0 aromatic heterocycles. The molecule has 7 nitrogen and oxygen atoms in total. The monoisotopic (exact) mass is 452 g/mol. The molecule has 0 aliphatic carbocycles. The van der Waals surface area contributed by atoms with Gasteiger partial charge in [0, 0.05) is 24.7 Å². The lowest BCUT2D eigenvalue weighted by Gasteiger charge is -2.34. The first-order chi connectivity index (χ1) is 14.3. The van der Waals surface area contributed by atoms with E-state index in [1.165, 1.54) is 30.7 Å². The first kappa shape index (κ1) is 22.4. The molecular weight excluding hydrogens is 428 g/mol. The average Bonchev–Trinajstić information content (AvgIpc) is 2.74. The van der Waals surface area contributed by atoms with Crippen LogP contribution in [0.4, 0.5) is 5.69 Å². The Balaban J connectivity index is 1.73. The molecule has 1 amide bonds. The lowest BCUT2D eigenvalue weighted by molar-refractivity contribution is -0.117. The number of sulfonamides is 1. The maximum absolute atomic E-state index is 13.2. The Labute approximate surface area is 182 Å². The lowest BCUT2D eigenvalue weighted by Crippen LogP contribution is -2.45. The molecule has 1 heterocycles. The number of carbonyl (C=O) groups excluding carboxylic acids is 1. The van der Waals surface area contributed by atoms with Gasteiger partial charge < -0.3 is 14.8 Å². The van der Waals surface area contributed by atoms with E-state index in [1.54, 1.807) is 30.3 Å². The number of anilines is 1. The Hall–Kier alpha value is -2.29. The molecule has 2 aromatic rings. The Kier molecular flexibility index (Phi) is 7.23. The molecule has 1 aliphatic heterocycles. The zero-order valence-corrected chi connectivity index (χ0v) is 18.5. The standard InChI is InChI=1S/C21H25ClN2O5S/c1-28-17-7-9-18(10-8-17)30(26,27)24-12-4-3-5-16(24)14-21(25)23-15-6-11-20(29-2)19(22)13-15/h6-11,13,16H,3-5,12,14H2,1-2H3,(H,23,25)/t16-/m0/s1. The average molecular weight is 453 g/mol. The van der Waals surface area contributed by atoms with Crippen LogP contribution in [0.15, 0.2) is 47.4 Å². The van der Waals surface area contributed by atoms with Gasteiger partial charge in [-0.15, -0.1) is 0 Å². The van der Waals surface area contributed by atoms with Crippen LogP contribution in [0.2, 0.25) is 5.02 Å². The fourth-order valence-electron chi connectivity index (χ4n) is 3.55. The van der Waals surface area contributed by atoms with Crippen LogP contribution in [-0.4, -0.2) is 45.4 Å². The minimum Gasteiger partial charge on any atom is -0.497 e. The van der Waals surface area contributed by atoms with E-state index in [0.717, 1.165) is 12.8 Å². The van der Waals surface area contributed by atoms with Crippen LogP contribution in [0.1, 0.15) is 25.7 Å². The normalized spacial score (nSPS) is 17.4. The van der Waals surface area contributed by atoms with Crippen LogP contribution in [-0.2, 0) is 14.8 Å². The van der Waals surface area contributed by atoms with Gasteiger partial charge in [0.1, 0.15) is 11.5 Å². The van der Waals surface area contributed by atoms with Crippen LogP contribution < -0.4 is 14.8 Å². The van der Waals surface area contributed by atoms with Gasteiger partial charge >= 0.3 is 0 Å². The summed E-state index contributed by atoms with van der Waals surface area (Å²) in [6, 6.07) is 10.8. The molecule has 9 heteroatoms. The second-order valence-corrected chi connectivity index (χ2v) is 9.34. The van der Waals surface area contributed by atoms with Crippen molar-refractivity contribution in [2.45, 2.75) is 36.6 Å². The van der Waals surface area contributed by atoms with Crippen molar-refractivity contribution in [2.75, 3.05) is 26.1 Å². The second kappa shape index (κ2) is 9.68. The van der Waals surface area contributed by atoms with Crippen molar-refractivity contribution in [1.82, 2.24) is 4.31 Å². The van der Waals surface area contributed by atoms with Gasteiger partial charge in [0.25, 0.3) is 0 Å². The van der Waals surface area contributed by atoms with Gasteiger partial charge in [0.2, 0.25) is 15.9 Å². The second-order valence-electron chi connectivity index (χ2n) is 7.04. The Morgan fingerprint density at radius 2 is 1.87 bits per heavy atom. The topological polar surface area (TPSA) is 84.9 Å². The van der Waals surface area contributed by atoms with Crippen molar-refractivity contribution in [1.29, 1.82) is 0 Å². The molecule has 30 heavy (non-hydrogen) atoms. The van der Waals surface area contributed by atoms with Gasteiger partial charge in [-0.1, -0.05) is 18.0 Å². The van der Waals surface area contributed by atoms with Crippen LogP contribution in [0.3, 0.4) is 0 Å². The van der Waals surface area contributed by atoms with E-state index in [0.29, 0.717) is 35.2 Å². The van der Waals surface area contributed by atoms with Gasteiger partial charge in [-0.2, -0.15) is 4.31 Å². The van der Waals surface area contributed by atoms with Crippen LogP contribution in [0.5, 0.6) is 11.5 Å². The number of nitrogens with one attached hydrogen (secondary N) is 1. The van der Waals surface area contributed by atoms with Gasteiger partial charge in [-0.25, -0.2) is 8.42 Å². The zero-order chi connectivity index (χ0) is 21.7. The molecule has 1 saturated heterocycles. The number of benzene rings is 2. The van der Waals surface area contributed by atoms with E-state index < -0.39 is 16.1 Å². The molecule has 162 valence electrons. The Morgan fingerprint density at radius 1 is 1.13 bits per heavy atom. The predicted octanol–water partition coefficient (Wildman–Crippen LogP) is 3.93. The highest BCUT2D eigenvalue weighted by atomic mass is 35.5. The molecule has 0 spiro atoms. The smallest absolute Gasteiger partial charge is 0.243 e. The largest absolute Gasteiger partial charge is 0.497 e. The molecule has 0 radical (unpaired) electrons. The predicted molar refractivity (Wildman–Crippen MR) is 116 cm³/mol. The third-order valence-corrected chi connectivity index (χ3v) is 7.36. The minimum atomic E-state index is -3.71. The number of ether oxygens (including phenoxy) is 2. The number of amides is 1.